The molecule has 4 heteroatoms. The molecule has 1 heterocycles. The molecule has 0 radical (unpaired) electrons. The van der Waals surface area contributed by atoms with Crippen LogP contribution in [0.25, 0.3) is 0 Å². The molecule has 9 heavy (non-hydrogen) atoms. The van der Waals surface area contributed by atoms with Gasteiger partial charge in [0.05, 0.1) is 5.75 Å². The van der Waals surface area contributed by atoms with Crippen molar-refractivity contribution in [2.24, 2.45) is 0 Å². The summed E-state index contributed by atoms with van der Waals surface area (Å²) >= 11 is 0. The Hall–Kier alpha value is -0.0900. The SMILES string of the molecule is CCC1CCS(=O)(=O)N1. The average Bonchev–Trinajstić information content (AvgIpc) is 2.10. The molecule has 1 fully saturated rings. The molecule has 0 amide bonds. The summed E-state index contributed by atoms with van der Waals surface area (Å²) in [7, 11) is -2.86. The molecule has 0 spiro atoms. The molecule has 1 rings (SSSR count). The van der Waals surface area contributed by atoms with E-state index in [4.69, 9.17) is 0 Å². The zero-order valence-electron chi connectivity index (χ0n) is 5.42. The van der Waals surface area contributed by atoms with Crippen molar-refractivity contribution in [3.8, 4) is 0 Å². The summed E-state index contributed by atoms with van der Waals surface area (Å²) in [4.78, 5) is 0. The molecule has 0 bridgehead atoms. The Kier molecular flexibility index (Phi) is 1.77. The quantitative estimate of drug-likeness (QED) is 0.574. The molecule has 1 aliphatic heterocycles. The van der Waals surface area contributed by atoms with Gasteiger partial charge in [0.15, 0.2) is 0 Å². The first kappa shape index (κ1) is 7.02. The molecule has 1 N–H and O–H groups in total. The van der Waals surface area contributed by atoms with Crippen LogP contribution in [0.1, 0.15) is 19.8 Å². The maximum atomic E-state index is 10.7. The van der Waals surface area contributed by atoms with Crippen LogP contribution in [-0.4, -0.2) is 20.2 Å². The van der Waals surface area contributed by atoms with E-state index in [-0.39, 0.29) is 6.04 Å². The number of hydrogen-bond donors (Lipinski definition) is 1. The van der Waals surface area contributed by atoms with E-state index in [0.717, 1.165) is 12.8 Å². The van der Waals surface area contributed by atoms with Gasteiger partial charge in [0.1, 0.15) is 0 Å². The van der Waals surface area contributed by atoms with Crippen molar-refractivity contribution < 1.29 is 8.42 Å². The van der Waals surface area contributed by atoms with Gasteiger partial charge in [-0.15, -0.1) is 0 Å². The minimum absolute atomic E-state index is 0.204. The second kappa shape index (κ2) is 2.27. The molecule has 1 unspecified atom stereocenters. The molecule has 1 saturated heterocycles. The zero-order chi connectivity index (χ0) is 6.91. The second-order valence-electron chi connectivity index (χ2n) is 2.33. The van der Waals surface area contributed by atoms with Gasteiger partial charge < -0.3 is 0 Å². The number of nitrogens with one attached hydrogen (secondary N) is 1. The molecule has 0 saturated carbocycles. The third-order valence-corrected chi connectivity index (χ3v) is 3.04. The molecular formula is C5H11NO2S. The van der Waals surface area contributed by atoms with Gasteiger partial charge in [0.25, 0.3) is 0 Å². The van der Waals surface area contributed by atoms with E-state index in [9.17, 15) is 8.42 Å². The van der Waals surface area contributed by atoms with Crippen molar-refractivity contribution in [2.45, 2.75) is 25.8 Å². The first-order valence-corrected chi connectivity index (χ1v) is 4.79. The van der Waals surface area contributed by atoms with Crippen LogP contribution in [-0.2, 0) is 10.0 Å². The normalized spacial score (nSPS) is 32.8. The molecule has 3 nitrogen and oxygen atoms in total. The first-order chi connectivity index (χ1) is 4.14. The Morgan fingerprint density at radius 2 is 2.33 bits per heavy atom. The molecular weight excluding hydrogens is 138 g/mol. The van der Waals surface area contributed by atoms with E-state index >= 15 is 0 Å². The van der Waals surface area contributed by atoms with Gasteiger partial charge in [-0.1, -0.05) is 6.92 Å². The van der Waals surface area contributed by atoms with Crippen LogP contribution in [0.3, 0.4) is 0 Å². The number of sulfonamides is 1. The van der Waals surface area contributed by atoms with Crippen molar-refractivity contribution in [3.63, 3.8) is 0 Å². The van der Waals surface area contributed by atoms with Crippen molar-refractivity contribution >= 4 is 10.0 Å². The highest BCUT2D eigenvalue weighted by Crippen LogP contribution is 2.09. The molecule has 1 atom stereocenters. The van der Waals surface area contributed by atoms with Crippen molar-refractivity contribution in [3.05, 3.63) is 0 Å². The lowest BCUT2D eigenvalue weighted by Crippen LogP contribution is -2.24. The van der Waals surface area contributed by atoms with Crippen LogP contribution in [0.5, 0.6) is 0 Å². The highest BCUT2D eigenvalue weighted by atomic mass is 32.2. The monoisotopic (exact) mass is 149 g/mol. The Labute approximate surface area is 55.5 Å². The van der Waals surface area contributed by atoms with Crippen LogP contribution in [0.4, 0.5) is 0 Å². The van der Waals surface area contributed by atoms with Crippen LogP contribution >= 0.6 is 0 Å². The fourth-order valence-corrected chi connectivity index (χ4v) is 2.46. The minimum atomic E-state index is -2.86. The van der Waals surface area contributed by atoms with E-state index in [0.29, 0.717) is 5.75 Å². The molecule has 0 aromatic heterocycles. The first-order valence-electron chi connectivity index (χ1n) is 3.14. The average molecular weight is 149 g/mol. The van der Waals surface area contributed by atoms with Gasteiger partial charge in [0.2, 0.25) is 10.0 Å². The van der Waals surface area contributed by atoms with Gasteiger partial charge in [-0.2, -0.15) is 0 Å². The van der Waals surface area contributed by atoms with Crippen LogP contribution in [0.15, 0.2) is 0 Å². The number of hydrogen-bond acceptors (Lipinski definition) is 2. The van der Waals surface area contributed by atoms with Crippen molar-refractivity contribution in [2.75, 3.05) is 5.75 Å². The maximum Gasteiger partial charge on any atom is 0.211 e. The van der Waals surface area contributed by atoms with Crippen LogP contribution in [0, 0.1) is 0 Å². The molecule has 0 aromatic carbocycles. The lowest BCUT2D eigenvalue weighted by atomic mass is 10.2. The predicted octanol–water partition coefficient (Wildman–Crippen LogP) is 0.0881. The Morgan fingerprint density at radius 3 is 2.56 bits per heavy atom. The zero-order valence-corrected chi connectivity index (χ0v) is 6.24. The highest BCUT2D eigenvalue weighted by molar-refractivity contribution is 7.89. The standard InChI is InChI=1S/C5H11NO2S/c1-2-5-3-4-9(7,8)6-5/h5-6H,2-4H2,1H3. The maximum absolute atomic E-state index is 10.7. The van der Waals surface area contributed by atoms with E-state index < -0.39 is 10.0 Å². The Morgan fingerprint density at radius 1 is 1.67 bits per heavy atom. The van der Waals surface area contributed by atoms with Gasteiger partial charge in [-0.05, 0) is 12.8 Å². The van der Waals surface area contributed by atoms with Crippen molar-refractivity contribution in [1.29, 1.82) is 0 Å². The molecule has 0 aliphatic carbocycles. The smallest absolute Gasteiger partial charge is 0.211 e. The third kappa shape index (κ3) is 1.66. The van der Waals surface area contributed by atoms with Gasteiger partial charge in [-0.25, -0.2) is 13.1 Å². The fourth-order valence-electron chi connectivity index (χ4n) is 0.957. The predicted molar refractivity (Wildman–Crippen MR) is 35.6 cm³/mol. The lowest BCUT2D eigenvalue weighted by molar-refractivity contribution is 0.574. The molecule has 54 valence electrons. The van der Waals surface area contributed by atoms with Crippen LogP contribution < -0.4 is 4.72 Å². The summed E-state index contributed by atoms with van der Waals surface area (Å²) < 4.78 is 23.9. The summed E-state index contributed by atoms with van der Waals surface area (Å²) in [5.74, 6) is 0.311. The van der Waals surface area contributed by atoms with Crippen LogP contribution in [0.2, 0.25) is 0 Å². The van der Waals surface area contributed by atoms with E-state index in [1.807, 2.05) is 6.92 Å². The Bertz CT molecular complexity index is 185. The van der Waals surface area contributed by atoms with E-state index in [2.05, 4.69) is 4.72 Å². The van der Waals surface area contributed by atoms with E-state index in [1.54, 1.807) is 0 Å². The Balaban J connectivity index is 2.58. The number of rotatable bonds is 1. The van der Waals surface area contributed by atoms with Gasteiger partial charge in [0, 0.05) is 6.04 Å². The van der Waals surface area contributed by atoms with Gasteiger partial charge >= 0.3 is 0 Å². The highest BCUT2D eigenvalue weighted by Gasteiger charge is 2.24. The molecule has 1 aliphatic rings. The van der Waals surface area contributed by atoms with E-state index in [1.165, 1.54) is 0 Å². The summed E-state index contributed by atoms with van der Waals surface area (Å²) in [6, 6.07) is 0.204. The summed E-state index contributed by atoms with van der Waals surface area (Å²) in [5.41, 5.74) is 0. The summed E-state index contributed by atoms with van der Waals surface area (Å²) in [6.07, 6.45) is 1.68. The van der Waals surface area contributed by atoms with Gasteiger partial charge in [-0.3, -0.25) is 0 Å². The van der Waals surface area contributed by atoms with Crippen molar-refractivity contribution in [1.82, 2.24) is 4.72 Å². The topological polar surface area (TPSA) is 46.2 Å². The largest absolute Gasteiger partial charge is 0.212 e. The molecule has 0 aromatic rings. The summed E-state index contributed by atoms with van der Waals surface area (Å²) in [6.45, 7) is 1.98. The lowest BCUT2D eigenvalue weighted by Gasteiger charge is -2.01. The fraction of sp³-hybridized carbons (Fsp3) is 1.00. The summed E-state index contributed by atoms with van der Waals surface area (Å²) in [5, 5.41) is 0. The third-order valence-electron chi connectivity index (χ3n) is 1.57. The second-order valence-corrected chi connectivity index (χ2v) is 4.20. The minimum Gasteiger partial charge on any atom is -0.212 e.